The summed E-state index contributed by atoms with van der Waals surface area (Å²) in [5, 5.41) is 23.0. The first-order chi connectivity index (χ1) is 8.24. The van der Waals surface area contributed by atoms with Crippen molar-refractivity contribution in [3.8, 4) is 0 Å². The van der Waals surface area contributed by atoms with Gasteiger partial charge in [0.2, 0.25) is 0 Å². The zero-order valence-electron chi connectivity index (χ0n) is 9.91. The van der Waals surface area contributed by atoms with Gasteiger partial charge in [0.15, 0.2) is 5.03 Å². The van der Waals surface area contributed by atoms with Crippen LogP contribution in [0.2, 0.25) is 0 Å². The number of aromatic carboxylic acids is 1. The topological polar surface area (TPSA) is 132 Å². The standard InChI is InChI=1S/C9H15N3O5S/c1-5(3-6(2)13)12-18(16,17)8-7(9(14)15)4-10-11-8/h4-6,12-13H,3H2,1-2H3,(H,10,11)(H,14,15). The molecule has 1 aromatic rings. The molecule has 0 spiro atoms. The van der Waals surface area contributed by atoms with Crippen molar-refractivity contribution in [1.82, 2.24) is 14.9 Å². The zero-order chi connectivity index (χ0) is 13.9. The lowest BCUT2D eigenvalue weighted by Crippen LogP contribution is -2.35. The molecule has 1 aromatic heterocycles. The van der Waals surface area contributed by atoms with Crippen molar-refractivity contribution in [2.45, 2.75) is 37.4 Å². The lowest BCUT2D eigenvalue weighted by molar-refractivity contribution is 0.0692. The third kappa shape index (κ3) is 3.52. The van der Waals surface area contributed by atoms with E-state index in [1.807, 2.05) is 0 Å². The van der Waals surface area contributed by atoms with Gasteiger partial charge in [0, 0.05) is 6.04 Å². The molecule has 0 amide bonds. The van der Waals surface area contributed by atoms with Gasteiger partial charge in [-0.15, -0.1) is 0 Å². The molecular formula is C9H15N3O5S. The van der Waals surface area contributed by atoms with E-state index in [2.05, 4.69) is 14.9 Å². The van der Waals surface area contributed by atoms with Gasteiger partial charge in [-0.25, -0.2) is 17.9 Å². The number of sulfonamides is 1. The third-order valence-electron chi connectivity index (χ3n) is 2.15. The molecule has 8 nitrogen and oxygen atoms in total. The Labute approximate surface area is 104 Å². The number of aliphatic hydroxyl groups excluding tert-OH is 1. The van der Waals surface area contributed by atoms with Crippen LogP contribution < -0.4 is 4.72 Å². The number of aromatic amines is 1. The van der Waals surface area contributed by atoms with E-state index in [-0.39, 0.29) is 6.42 Å². The van der Waals surface area contributed by atoms with Crippen molar-refractivity contribution in [3.05, 3.63) is 11.8 Å². The Morgan fingerprint density at radius 1 is 1.56 bits per heavy atom. The molecule has 1 heterocycles. The highest BCUT2D eigenvalue weighted by atomic mass is 32.2. The van der Waals surface area contributed by atoms with E-state index in [9.17, 15) is 13.2 Å². The summed E-state index contributed by atoms with van der Waals surface area (Å²) in [6, 6.07) is -0.528. The fourth-order valence-corrected chi connectivity index (χ4v) is 2.86. The second-order valence-electron chi connectivity index (χ2n) is 4.03. The predicted octanol–water partition coefficient (Wildman–Crippen LogP) is -0.454. The van der Waals surface area contributed by atoms with Gasteiger partial charge in [-0.1, -0.05) is 0 Å². The molecule has 2 atom stereocenters. The average Bonchev–Trinajstić information content (AvgIpc) is 2.63. The van der Waals surface area contributed by atoms with Crippen molar-refractivity contribution >= 4 is 16.0 Å². The van der Waals surface area contributed by atoms with Crippen LogP contribution >= 0.6 is 0 Å². The summed E-state index contributed by atoms with van der Waals surface area (Å²) < 4.78 is 26.0. The smallest absolute Gasteiger partial charge is 0.340 e. The van der Waals surface area contributed by atoms with E-state index in [0.29, 0.717) is 0 Å². The summed E-state index contributed by atoms with van der Waals surface area (Å²) in [4.78, 5) is 10.8. The summed E-state index contributed by atoms with van der Waals surface area (Å²) in [6.45, 7) is 3.10. The fraction of sp³-hybridized carbons (Fsp3) is 0.556. The molecule has 2 unspecified atom stereocenters. The van der Waals surface area contributed by atoms with Gasteiger partial charge in [-0.2, -0.15) is 5.10 Å². The van der Waals surface area contributed by atoms with Crippen LogP contribution in [0, 0.1) is 0 Å². The maximum absolute atomic E-state index is 11.9. The number of H-pyrrole nitrogens is 1. The maximum Gasteiger partial charge on any atom is 0.340 e. The number of carboxylic acid groups (broad SMARTS) is 1. The Balaban J connectivity index is 2.93. The number of nitrogens with one attached hydrogen (secondary N) is 2. The van der Waals surface area contributed by atoms with Gasteiger partial charge in [0.1, 0.15) is 5.56 Å². The number of aromatic nitrogens is 2. The number of rotatable bonds is 6. The van der Waals surface area contributed by atoms with Crippen molar-refractivity contribution < 1.29 is 23.4 Å². The van der Waals surface area contributed by atoms with E-state index >= 15 is 0 Å². The molecule has 102 valence electrons. The van der Waals surface area contributed by atoms with Crippen LogP contribution in [0.5, 0.6) is 0 Å². The zero-order valence-corrected chi connectivity index (χ0v) is 10.7. The first kappa shape index (κ1) is 14.6. The van der Waals surface area contributed by atoms with Crippen molar-refractivity contribution in [2.24, 2.45) is 0 Å². The monoisotopic (exact) mass is 277 g/mol. The van der Waals surface area contributed by atoms with Gasteiger partial charge < -0.3 is 10.2 Å². The fourth-order valence-electron chi connectivity index (χ4n) is 1.52. The SMILES string of the molecule is CC(O)CC(C)NS(=O)(=O)c1[nH]ncc1C(=O)O. The molecule has 0 radical (unpaired) electrons. The molecule has 4 N–H and O–H groups in total. The molecule has 0 aromatic carbocycles. The number of carbonyl (C=O) groups is 1. The Morgan fingerprint density at radius 3 is 2.67 bits per heavy atom. The summed E-state index contributed by atoms with van der Waals surface area (Å²) in [5.74, 6) is -1.38. The van der Waals surface area contributed by atoms with E-state index in [1.165, 1.54) is 6.92 Å². The van der Waals surface area contributed by atoms with E-state index < -0.39 is 38.7 Å². The Morgan fingerprint density at radius 2 is 2.17 bits per heavy atom. The van der Waals surface area contributed by atoms with Gasteiger partial charge in [0.25, 0.3) is 10.0 Å². The van der Waals surface area contributed by atoms with Crippen LogP contribution in [0.4, 0.5) is 0 Å². The minimum atomic E-state index is -4.00. The molecular weight excluding hydrogens is 262 g/mol. The largest absolute Gasteiger partial charge is 0.478 e. The first-order valence-corrected chi connectivity index (χ1v) is 6.69. The minimum Gasteiger partial charge on any atom is -0.478 e. The minimum absolute atomic E-state index is 0.218. The lowest BCUT2D eigenvalue weighted by atomic mass is 10.2. The van der Waals surface area contributed by atoms with Crippen LogP contribution in [0.25, 0.3) is 0 Å². The number of carboxylic acids is 1. The number of nitrogens with zero attached hydrogens (tertiary/aromatic N) is 1. The molecule has 0 aliphatic heterocycles. The predicted molar refractivity (Wildman–Crippen MR) is 61.6 cm³/mol. The third-order valence-corrected chi connectivity index (χ3v) is 3.72. The average molecular weight is 277 g/mol. The highest BCUT2D eigenvalue weighted by molar-refractivity contribution is 7.89. The molecule has 9 heteroatoms. The van der Waals surface area contributed by atoms with Crippen molar-refractivity contribution in [2.75, 3.05) is 0 Å². The molecule has 0 bridgehead atoms. The molecule has 18 heavy (non-hydrogen) atoms. The molecule has 0 saturated heterocycles. The van der Waals surface area contributed by atoms with Crippen molar-refractivity contribution in [1.29, 1.82) is 0 Å². The Bertz CT molecular complexity index is 522. The lowest BCUT2D eigenvalue weighted by Gasteiger charge is -2.14. The van der Waals surface area contributed by atoms with Gasteiger partial charge in [-0.3, -0.25) is 5.10 Å². The van der Waals surface area contributed by atoms with Crippen molar-refractivity contribution in [3.63, 3.8) is 0 Å². The molecule has 0 aliphatic rings. The maximum atomic E-state index is 11.9. The van der Waals surface area contributed by atoms with E-state index in [0.717, 1.165) is 6.20 Å². The summed E-state index contributed by atoms with van der Waals surface area (Å²) in [7, 11) is -4.00. The van der Waals surface area contributed by atoms with E-state index in [1.54, 1.807) is 6.92 Å². The highest BCUT2D eigenvalue weighted by Gasteiger charge is 2.26. The van der Waals surface area contributed by atoms with Gasteiger partial charge in [-0.05, 0) is 20.3 Å². The molecule has 0 aliphatic carbocycles. The number of aliphatic hydroxyl groups is 1. The Hall–Kier alpha value is -1.45. The van der Waals surface area contributed by atoms with Crippen LogP contribution in [-0.4, -0.2) is 46.9 Å². The Kier molecular flexibility index (Phi) is 4.43. The van der Waals surface area contributed by atoms with E-state index in [4.69, 9.17) is 10.2 Å². The first-order valence-electron chi connectivity index (χ1n) is 5.21. The number of hydrogen-bond acceptors (Lipinski definition) is 5. The molecule has 0 saturated carbocycles. The van der Waals surface area contributed by atoms with Crippen LogP contribution in [-0.2, 0) is 10.0 Å². The molecule has 1 rings (SSSR count). The summed E-state index contributed by atoms with van der Waals surface area (Å²) in [5.41, 5.74) is -0.424. The highest BCUT2D eigenvalue weighted by Crippen LogP contribution is 2.13. The number of hydrogen-bond donors (Lipinski definition) is 4. The van der Waals surface area contributed by atoms with Gasteiger partial charge in [0.05, 0.1) is 12.3 Å². The quantitative estimate of drug-likeness (QED) is 0.556. The second kappa shape index (κ2) is 5.46. The van der Waals surface area contributed by atoms with Crippen LogP contribution in [0.1, 0.15) is 30.6 Å². The molecule has 0 fully saturated rings. The van der Waals surface area contributed by atoms with Crippen LogP contribution in [0.3, 0.4) is 0 Å². The second-order valence-corrected chi connectivity index (χ2v) is 5.68. The summed E-state index contributed by atoms with van der Waals surface area (Å²) in [6.07, 6.45) is 0.481. The normalized spacial score (nSPS) is 15.3. The summed E-state index contributed by atoms with van der Waals surface area (Å²) >= 11 is 0. The van der Waals surface area contributed by atoms with Gasteiger partial charge >= 0.3 is 5.97 Å². The van der Waals surface area contributed by atoms with Crippen LogP contribution in [0.15, 0.2) is 11.2 Å².